The Balaban J connectivity index is 2.28. The summed E-state index contributed by atoms with van der Waals surface area (Å²) in [6, 6.07) is 3.95. The van der Waals surface area contributed by atoms with Crippen LogP contribution >= 0.6 is 11.3 Å². The molecular weight excluding hydrogens is 258 g/mol. The standard InChI is InChI=1S/C15H19NO2S/c1-9-5-6-13(15(18-4)10(9)2)14(17)7-12-8-19-11(3)16-12/h5-6,8,14,17H,7H2,1-4H3. The van der Waals surface area contributed by atoms with Gasteiger partial charge < -0.3 is 9.84 Å². The first-order chi connectivity index (χ1) is 9.02. The summed E-state index contributed by atoms with van der Waals surface area (Å²) in [5, 5.41) is 13.4. The molecule has 1 heterocycles. The Kier molecular flexibility index (Phi) is 4.22. The van der Waals surface area contributed by atoms with E-state index in [2.05, 4.69) is 4.98 Å². The maximum Gasteiger partial charge on any atom is 0.127 e. The minimum Gasteiger partial charge on any atom is -0.496 e. The molecule has 19 heavy (non-hydrogen) atoms. The van der Waals surface area contributed by atoms with E-state index in [9.17, 15) is 5.11 Å². The van der Waals surface area contributed by atoms with Crippen LogP contribution in [-0.4, -0.2) is 17.2 Å². The monoisotopic (exact) mass is 277 g/mol. The zero-order chi connectivity index (χ0) is 14.0. The van der Waals surface area contributed by atoms with Gasteiger partial charge in [-0.25, -0.2) is 4.98 Å². The number of nitrogens with zero attached hydrogens (tertiary/aromatic N) is 1. The molecule has 1 aromatic carbocycles. The van der Waals surface area contributed by atoms with Gasteiger partial charge in [-0.05, 0) is 31.9 Å². The zero-order valence-corrected chi connectivity index (χ0v) is 12.5. The Bertz CT molecular complexity index is 578. The van der Waals surface area contributed by atoms with Crippen molar-refractivity contribution in [1.82, 2.24) is 4.98 Å². The summed E-state index contributed by atoms with van der Waals surface area (Å²) in [7, 11) is 1.64. The molecule has 0 aliphatic carbocycles. The van der Waals surface area contributed by atoms with Crippen molar-refractivity contribution in [3.05, 3.63) is 44.9 Å². The molecule has 0 saturated carbocycles. The summed E-state index contributed by atoms with van der Waals surface area (Å²) in [4.78, 5) is 4.39. The van der Waals surface area contributed by atoms with Gasteiger partial charge in [0, 0.05) is 17.4 Å². The van der Waals surface area contributed by atoms with Crippen LogP contribution in [0.3, 0.4) is 0 Å². The molecule has 1 atom stereocenters. The number of hydrogen-bond donors (Lipinski definition) is 1. The molecule has 1 aromatic heterocycles. The van der Waals surface area contributed by atoms with Gasteiger partial charge in [-0.1, -0.05) is 12.1 Å². The fraction of sp³-hybridized carbons (Fsp3) is 0.400. The predicted octanol–water partition coefficient (Wildman–Crippen LogP) is 3.35. The highest BCUT2D eigenvalue weighted by Gasteiger charge is 2.17. The number of aromatic nitrogens is 1. The molecule has 0 bridgehead atoms. The topological polar surface area (TPSA) is 42.4 Å². The van der Waals surface area contributed by atoms with Crippen LogP contribution in [0.5, 0.6) is 5.75 Å². The maximum atomic E-state index is 10.4. The SMILES string of the molecule is COc1c(C(O)Cc2csc(C)n2)ccc(C)c1C. The molecule has 0 radical (unpaired) electrons. The van der Waals surface area contributed by atoms with Crippen molar-refractivity contribution < 1.29 is 9.84 Å². The lowest BCUT2D eigenvalue weighted by molar-refractivity contribution is 0.173. The minimum absolute atomic E-state index is 0.517. The largest absolute Gasteiger partial charge is 0.496 e. The fourth-order valence-corrected chi connectivity index (χ4v) is 2.78. The van der Waals surface area contributed by atoms with E-state index in [1.807, 2.05) is 38.3 Å². The molecule has 0 saturated heterocycles. The summed E-state index contributed by atoms with van der Waals surface area (Å²) >= 11 is 1.60. The predicted molar refractivity (Wildman–Crippen MR) is 78.0 cm³/mol. The summed E-state index contributed by atoms with van der Waals surface area (Å²) < 4.78 is 5.44. The van der Waals surface area contributed by atoms with Crippen molar-refractivity contribution in [1.29, 1.82) is 0 Å². The maximum absolute atomic E-state index is 10.4. The Morgan fingerprint density at radius 1 is 1.32 bits per heavy atom. The lowest BCUT2D eigenvalue weighted by atomic mass is 9.98. The molecule has 3 nitrogen and oxygen atoms in total. The second-order valence-electron chi connectivity index (χ2n) is 4.71. The van der Waals surface area contributed by atoms with Gasteiger partial charge in [0.05, 0.1) is 23.9 Å². The first-order valence-corrected chi connectivity index (χ1v) is 7.14. The van der Waals surface area contributed by atoms with Crippen LogP contribution in [0.4, 0.5) is 0 Å². The van der Waals surface area contributed by atoms with Crippen molar-refractivity contribution in [2.75, 3.05) is 7.11 Å². The zero-order valence-electron chi connectivity index (χ0n) is 11.7. The van der Waals surface area contributed by atoms with E-state index in [-0.39, 0.29) is 0 Å². The van der Waals surface area contributed by atoms with Gasteiger partial charge in [0.15, 0.2) is 0 Å². The molecule has 102 valence electrons. The number of methoxy groups -OCH3 is 1. The fourth-order valence-electron chi connectivity index (χ4n) is 2.15. The second-order valence-corrected chi connectivity index (χ2v) is 5.77. The van der Waals surface area contributed by atoms with Gasteiger partial charge in [-0.2, -0.15) is 0 Å². The normalized spacial score (nSPS) is 12.5. The first kappa shape index (κ1) is 14.0. The number of aliphatic hydroxyl groups is 1. The number of ether oxygens (including phenoxy) is 1. The minimum atomic E-state index is -0.587. The third-order valence-corrected chi connectivity index (χ3v) is 4.16. The van der Waals surface area contributed by atoms with E-state index in [1.54, 1.807) is 18.4 Å². The van der Waals surface area contributed by atoms with Crippen LogP contribution in [0.2, 0.25) is 0 Å². The summed E-state index contributed by atoms with van der Waals surface area (Å²) in [6.07, 6.45) is -0.0702. The van der Waals surface area contributed by atoms with Crippen molar-refractivity contribution in [2.45, 2.75) is 33.3 Å². The van der Waals surface area contributed by atoms with Crippen molar-refractivity contribution in [3.63, 3.8) is 0 Å². The van der Waals surface area contributed by atoms with Crippen molar-refractivity contribution >= 4 is 11.3 Å². The van der Waals surface area contributed by atoms with Crippen LogP contribution in [0.25, 0.3) is 0 Å². The first-order valence-electron chi connectivity index (χ1n) is 6.26. The second kappa shape index (κ2) is 5.72. The lowest BCUT2D eigenvalue weighted by Crippen LogP contribution is -2.06. The molecule has 2 rings (SSSR count). The molecule has 0 aliphatic heterocycles. The number of aryl methyl sites for hydroxylation is 2. The Labute approximate surface area is 117 Å². The van der Waals surface area contributed by atoms with E-state index < -0.39 is 6.10 Å². The summed E-state index contributed by atoms with van der Waals surface area (Å²) in [6.45, 7) is 6.02. The van der Waals surface area contributed by atoms with Gasteiger partial charge in [-0.3, -0.25) is 0 Å². The average molecular weight is 277 g/mol. The molecule has 0 aliphatic rings. The average Bonchev–Trinajstić information content (AvgIpc) is 2.77. The molecule has 0 amide bonds. The Morgan fingerprint density at radius 2 is 2.05 bits per heavy atom. The number of aliphatic hydroxyl groups excluding tert-OH is 1. The van der Waals surface area contributed by atoms with Crippen LogP contribution in [-0.2, 0) is 6.42 Å². The molecular formula is C15H19NO2S. The van der Waals surface area contributed by atoms with Gasteiger partial charge in [0.25, 0.3) is 0 Å². The van der Waals surface area contributed by atoms with E-state index >= 15 is 0 Å². The summed E-state index contributed by atoms with van der Waals surface area (Å²) in [5.41, 5.74) is 4.00. The smallest absolute Gasteiger partial charge is 0.127 e. The van der Waals surface area contributed by atoms with Gasteiger partial charge in [-0.15, -0.1) is 11.3 Å². The number of hydrogen-bond acceptors (Lipinski definition) is 4. The third kappa shape index (κ3) is 2.96. The van der Waals surface area contributed by atoms with E-state index in [0.717, 1.165) is 33.1 Å². The van der Waals surface area contributed by atoms with E-state index in [0.29, 0.717) is 6.42 Å². The van der Waals surface area contributed by atoms with Crippen molar-refractivity contribution in [3.8, 4) is 5.75 Å². The molecule has 2 aromatic rings. The van der Waals surface area contributed by atoms with Crippen molar-refractivity contribution in [2.24, 2.45) is 0 Å². The molecule has 1 N–H and O–H groups in total. The number of thiazole rings is 1. The van der Waals surface area contributed by atoms with Crippen LogP contribution in [0.1, 0.15) is 33.5 Å². The Morgan fingerprint density at radius 3 is 2.63 bits per heavy atom. The highest BCUT2D eigenvalue weighted by atomic mass is 32.1. The molecule has 1 unspecified atom stereocenters. The third-order valence-electron chi connectivity index (χ3n) is 3.34. The molecule has 0 fully saturated rings. The lowest BCUT2D eigenvalue weighted by Gasteiger charge is -2.17. The van der Waals surface area contributed by atoms with E-state index in [4.69, 9.17) is 4.74 Å². The van der Waals surface area contributed by atoms with Gasteiger partial charge in [0.1, 0.15) is 5.75 Å². The van der Waals surface area contributed by atoms with Crippen LogP contribution in [0, 0.1) is 20.8 Å². The van der Waals surface area contributed by atoms with E-state index in [1.165, 1.54) is 0 Å². The number of rotatable bonds is 4. The molecule has 4 heteroatoms. The number of benzene rings is 1. The highest BCUT2D eigenvalue weighted by Crippen LogP contribution is 2.32. The van der Waals surface area contributed by atoms with Crippen LogP contribution < -0.4 is 4.74 Å². The van der Waals surface area contributed by atoms with Gasteiger partial charge >= 0.3 is 0 Å². The van der Waals surface area contributed by atoms with Gasteiger partial charge in [0.2, 0.25) is 0 Å². The quantitative estimate of drug-likeness (QED) is 0.932. The summed E-state index contributed by atoms with van der Waals surface area (Å²) in [5.74, 6) is 0.777. The van der Waals surface area contributed by atoms with Crippen LogP contribution in [0.15, 0.2) is 17.5 Å². The molecule has 0 spiro atoms. The Hall–Kier alpha value is -1.39. The highest BCUT2D eigenvalue weighted by molar-refractivity contribution is 7.09.